The van der Waals surface area contributed by atoms with Gasteiger partial charge in [0.1, 0.15) is 11.5 Å². The summed E-state index contributed by atoms with van der Waals surface area (Å²) in [5.74, 6) is 1.76. The van der Waals surface area contributed by atoms with Crippen molar-refractivity contribution in [2.45, 2.75) is 0 Å². The number of aromatic amines is 1. The highest BCUT2D eigenvalue weighted by atomic mass is 19.1. The first-order valence-electron chi connectivity index (χ1n) is 6.64. The Morgan fingerprint density at radius 2 is 2.23 bits per heavy atom. The smallest absolute Gasteiger partial charge is 0.254 e. The molecule has 22 heavy (non-hydrogen) atoms. The molecule has 5 heteroatoms. The van der Waals surface area contributed by atoms with E-state index in [1.165, 1.54) is 12.1 Å². The number of benzene rings is 1. The van der Waals surface area contributed by atoms with Crippen LogP contribution in [0.4, 0.5) is 4.39 Å². The molecule has 0 radical (unpaired) electrons. The molecule has 0 spiro atoms. The van der Waals surface area contributed by atoms with E-state index in [0.29, 0.717) is 22.2 Å². The molecule has 108 valence electrons. The van der Waals surface area contributed by atoms with Crippen LogP contribution in [0.1, 0.15) is 10.4 Å². The molecule has 3 rings (SSSR count). The molecule has 0 saturated heterocycles. The number of rotatable bonds is 3. The van der Waals surface area contributed by atoms with Gasteiger partial charge in [0.2, 0.25) is 0 Å². The van der Waals surface area contributed by atoms with Gasteiger partial charge in [0.15, 0.2) is 0 Å². The molecule has 0 aliphatic heterocycles. The fraction of sp³-hybridized carbons (Fsp3) is 0.0588. The van der Waals surface area contributed by atoms with E-state index < -0.39 is 0 Å². The summed E-state index contributed by atoms with van der Waals surface area (Å²) in [5.41, 5.74) is 2.48. The molecule has 3 aromatic rings. The van der Waals surface area contributed by atoms with Gasteiger partial charge in [0, 0.05) is 23.3 Å². The highest BCUT2D eigenvalue weighted by Crippen LogP contribution is 2.25. The zero-order valence-corrected chi connectivity index (χ0v) is 11.6. The summed E-state index contributed by atoms with van der Waals surface area (Å²) in [5, 5.41) is 3.28. The van der Waals surface area contributed by atoms with Crippen LogP contribution in [0.25, 0.3) is 22.2 Å². The van der Waals surface area contributed by atoms with Gasteiger partial charge >= 0.3 is 0 Å². The van der Waals surface area contributed by atoms with Gasteiger partial charge in [-0.2, -0.15) is 0 Å². The Morgan fingerprint density at radius 3 is 3.00 bits per heavy atom. The molecular formula is C17H12FN3O. The molecule has 1 aromatic carbocycles. The lowest BCUT2D eigenvalue weighted by atomic mass is 10.1. The maximum atomic E-state index is 13.3. The van der Waals surface area contributed by atoms with Gasteiger partial charge in [-0.15, -0.1) is 6.42 Å². The minimum atomic E-state index is -0.321. The van der Waals surface area contributed by atoms with E-state index in [1.54, 1.807) is 30.6 Å². The molecular weight excluding hydrogens is 281 g/mol. The third-order valence-corrected chi connectivity index (χ3v) is 3.28. The minimum absolute atomic E-state index is 0.155. The summed E-state index contributed by atoms with van der Waals surface area (Å²) in [7, 11) is 0. The number of nitrogens with one attached hydrogen (secondary N) is 2. The zero-order chi connectivity index (χ0) is 15.5. The number of carbonyl (C=O) groups excluding carboxylic acids is 1. The standard InChI is InChI=1S/C17H12FN3O/c1-2-6-19-17(22)15-10-21-16-14(15)8-12(9-20-16)11-4-3-5-13(18)7-11/h1,3-5,7-10H,6H2,(H,19,22)(H,20,21). The van der Waals surface area contributed by atoms with Crippen LogP contribution in [-0.4, -0.2) is 22.4 Å². The van der Waals surface area contributed by atoms with Gasteiger partial charge in [0.25, 0.3) is 5.91 Å². The summed E-state index contributed by atoms with van der Waals surface area (Å²) >= 11 is 0. The number of hydrogen-bond acceptors (Lipinski definition) is 2. The van der Waals surface area contributed by atoms with Crippen molar-refractivity contribution in [2.24, 2.45) is 0 Å². The fourth-order valence-corrected chi connectivity index (χ4v) is 2.24. The molecule has 1 amide bonds. The van der Waals surface area contributed by atoms with Gasteiger partial charge in [-0.1, -0.05) is 18.1 Å². The number of pyridine rings is 1. The number of nitrogens with zero attached hydrogens (tertiary/aromatic N) is 1. The average Bonchev–Trinajstić information content (AvgIpc) is 2.95. The van der Waals surface area contributed by atoms with E-state index in [-0.39, 0.29) is 18.3 Å². The van der Waals surface area contributed by atoms with E-state index in [9.17, 15) is 9.18 Å². The van der Waals surface area contributed by atoms with Gasteiger partial charge < -0.3 is 10.3 Å². The summed E-state index contributed by atoms with van der Waals surface area (Å²) in [6.45, 7) is 0.155. The molecule has 0 saturated carbocycles. The fourth-order valence-electron chi connectivity index (χ4n) is 2.24. The van der Waals surface area contributed by atoms with Crippen LogP contribution in [0.15, 0.2) is 42.7 Å². The SMILES string of the molecule is C#CCNC(=O)c1c[nH]c2ncc(-c3cccc(F)c3)cc12. The second kappa shape index (κ2) is 5.70. The highest BCUT2D eigenvalue weighted by Gasteiger charge is 2.13. The molecule has 0 unspecified atom stereocenters. The summed E-state index contributed by atoms with van der Waals surface area (Å²) in [4.78, 5) is 19.3. The van der Waals surface area contributed by atoms with Crippen molar-refractivity contribution in [1.29, 1.82) is 0 Å². The van der Waals surface area contributed by atoms with Gasteiger partial charge in [-0.05, 0) is 23.8 Å². The minimum Gasteiger partial charge on any atom is -0.345 e. The number of H-pyrrole nitrogens is 1. The lowest BCUT2D eigenvalue weighted by Crippen LogP contribution is -2.23. The van der Waals surface area contributed by atoms with Crippen molar-refractivity contribution in [1.82, 2.24) is 15.3 Å². The Balaban J connectivity index is 2.05. The lowest BCUT2D eigenvalue weighted by molar-refractivity contribution is 0.0960. The number of terminal acetylenes is 1. The van der Waals surface area contributed by atoms with Crippen LogP contribution in [0.5, 0.6) is 0 Å². The second-order valence-electron chi connectivity index (χ2n) is 4.72. The van der Waals surface area contributed by atoms with E-state index in [2.05, 4.69) is 21.2 Å². The molecule has 0 aliphatic rings. The zero-order valence-electron chi connectivity index (χ0n) is 11.6. The normalized spacial score (nSPS) is 10.4. The summed E-state index contributed by atoms with van der Waals surface area (Å²) in [6, 6.07) is 8.03. The molecule has 4 nitrogen and oxygen atoms in total. The lowest BCUT2D eigenvalue weighted by Gasteiger charge is -2.03. The number of amides is 1. The Bertz CT molecular complexity index is 892. The van der Waals surface area contributed by atoms with Crippen molar-refractivity contribution >= 4 is 16.9 Å². The largest absolute Gasteiger partial charge is 0.345 e. The molecule has 0 atom stereocenters. The maximum absolute atomic E-state index is 13.3. The number of aromatic nitrogens is 2. The van der Waals surface area contributed by atoms with Gasteiger partial charge in [-0.25, -0.2) is 9.37 Å². The topological polar surface area (TPSA) is 57.8 Å². The van der Waals surface area contributed by atoms with Crippen molar-refractivity contribution in [2.75, 3.05) is 6.54 Å². The number of fused-ring (bicyclic) bond motifs is 1. The van der Waals surface area contributed by atoms with Crippen LogP contribution in [0, 0.1) is 18.2 Å². The van der Waals surface area contributed by atoms with E-state index in [4.69, 9.17) is 6.42 Å². The van der Waals surface area contributed by atoms with E-state index in [0.717, 1.165) is 5.56 Å². The van der Waals surface area contributed by atoms with Crippen LogP contribution >= 0.6 is 0 Å². The Morgan fingerprint density at radius 1 is 1.36 bits per heavy atom. The first kappa shape index (κ1) is 13.8. The van der Waals surface area contributed by atoms with Crippen LogP contribution in [0.2, 0.25) is 0 Å². The van der Waals surface area contributed by atoms with E-state index >= 15 is 0 Å². The molecule has 2 N–H and O–H groups in total. The van der Waals surface area contributed by atoms with Crippen LogP contribution < -0.4 is 5.32 Å². The predicted octanol–water partition coefficient (Wildman–Crippen LogP) is 2.73. The first-order valence-corrected chi connectivity index (χ1v) is 6.64. The third-order valence-electron chi connectivity index (χ3n) is 3.28. The maximum Gasteiger partial charge on any atom is 0.254 e. The van der Waals surface area contributed by atoms with Crippen molar-refractivity contribution in [3.05, 3.63) is 54.1 Å². The quantitative estimate of drug-likeness (QED) is 0.729. The Hall–Kier alpha value is -3.13. The summed E-state index contributed by atoms with van der Waals surface area (Å²) < 4.78 is 13.3. The first-order chi connectivity index (χ1) is 10.7. The molecule has 2 heterocycles. The second-order valence-corrected chi connectivity index (χ2v) is 4.72. The van der Waals surface area contributed by atoms with E-state index in [1.807, 2.05) is 0 Å². The monoisotopic (exact) mass is 293 g/mol. The number of halogens is 1. The Labute approximate surface area is 126 Å². The van der Waals surface area contributed by atoms with Gasteiger partial charge in [0.05, 0.1) is 12.1 Å². The molecule has 2 aromatic heterocycles. The van der Waals surface area contributed by atoms with Crippen molar-refractivity contribution in [3.8, 4) is 23.5 Å². The number of carbonyl (C=O) groups is 1. The molecule has 0 fully saturated rings. The molecule has 0 aliphatic carbocycles. The third kappa shape index (κ3) is 2.54. The predicted molar refractivity (Wildman–Crippen MR) is 82.7 cm³/mol. The summed E-state index contributed by atoms with van der Waals surface area (Å²) in [6.07, 6.45) is 8.35. The van der Waals surface area contributed by atoms with Crippen molar-refractivity contribution in [3.63, 3.8) is 0 Å². The van der Waals surface area contributed by atoms with Gasteiger partial charge in [-0.3, -0.25) is 4.79 Å². The van der Waals surface area contributed by atoms with Crippen LogP contribution in [0.3, 0.4) is 0 Å². The number of hydrogen-bond donors (Lipinski definition) is 2. The van der Waals surface area contributed by atoms with Crippen molar-refractivity contribution < 1.29 is 9.18 Å². The molecule has 0 bridgehead atoms. The van der Waals surface area contributed by atoms with Crippen LogP contribution in [-0.2, 0) is 0 Å². The average molecular weight is 293 g/mol. The highest BCUT2D eigenvalue weighted by molar-refractivity contribution is 6.06. The Kier molecular flexibility index (Phi) is 3.58.